The molecule has 0 bridgehead atoms. The second-order valence-electron chi connectivity index (χ2n) is 8.17. The number of amides is 2. The summed E-state index contributed by atoms with van der Waals surface area (Å²) in [6.07, 6.45) is 1.51. The smallest absolute Gasteiger partial charge is 0.335 e. The van der Waals surface area contributed by atoms with E-state index in [9.17, 15) is 14.4 Å². The highest BCUT2D eigenvalue weighted by Crippen LogP contribution is 2.25. The molecule has 1 aliphatic heterocycles. The number of carboxylic acids is 1. The molecular weight excluding hydrogens is 464 g/mol. The molecule has 2 amide bonds. The summed E-state index contributed by atoms with van der Waals surface area (Å²) in [5.41, 5.74) is 4.07. The van der Waals surface area contributed by atoms with Gasteiger partial charge in [0, 0.05) is 0 Å². The van der Waals surface area contributed by atoms with Gasteiger partial charge in [-0.05, 0) is 90.8 Å². The zero-order chi connectivity index (χ0) is 25.1. The fourth-order valence-electron chi connectivity index (χ4n) is 3.76. The van der Waals surface area contributed by atoms with Gasteiger partial charge in [0.2, 0.25) is 0 Å². The van der Waals surface area contributed by atoms with E-state index in [4.69, 9.17) is 22.1 Å². The largest absolute Gasteiger partial charge is 0.489 e. The third-order valence-corrected chi connectivity index (χ3v) is 5.62. The second-order valence-corrected chi connectivity index (χ2v) is 8.55. The molecule has 1 aliphatic rings. The molecule has 3 aromatic carbocycles. The van der Waals surface area contributed by atoms with Crippen LogP contribution >= 0.6 is 12.2 Å². The maximum Gasteiger partial charge on any atom is 0.335 e. The van der Waals surface area contributed by atoms with Crippen molar-refractivity contribution in [2.24, 2.45) is 0 Å². The molecule has 2 N–H and O–H groups in total. The van der Waals surface area contributed by atoms with Crippen molar-refractivity contribution in [1.82, 2.24) is 5.32 Å². The maximum absolute atomic E-state index is 13.2. The summed E-state index contributed by atoms with van der Waals surface area (Å²) >= 11 is 5.27. The van der Waals surface area contributed by atoms with Gasteiger partial charge >= 0.3 is 5.97 Å². The normalized spacial score (nSPS) is 14.7. The third-order valence-electron chi connectivity index (χ3n) is 5.34. The first-order valence-corrected chi connectivity index (χ1v) is 11.2. The number of nitrogens with one attached hydrogen (secondary N) is 1. The number of hydrogen-bond acceptors (Lipinski definition) is 5. The van der Waals surface area contributed by atoms with Gasteiger partial charge < -0.3 is 9.84 Å². The minimum absolute atomic E-state index is 0.0306. The lowest BCUT2D eigenvalue weighted by Gasteiger charge is -2.29. The number of ether oxygens (including phenoxy) is 1. The number of carbonyl (C=O) groups excluding carboxylic acids is 2. The van der Waals surface area contributed by atoms with Crippen LogP contribution in [-0.2, 0) is 16.2 Å². The van der Waals surface area contributed by atoms with E-state index in [1.54, 1.807) is 42.5 Å². The fraction of sp³-hybridized carbons (Fsp3) is 0.111. The molecule has 0 unspecified atom stereocenters. The minimum Gasteiger partial charge on any atom is -0.489 e. The molecule has 0 atom stereocenters. The Hall–Kier alpha value is -4.30. The highest BCUT2D eigenvalue weighted by Gasteiger charge is 2.34. The summed E-state index contributed by atoms with van der Waals surface area (Å²) in [6, 6.07) is 19.1. The Morgan fingerprint density at radius 1 is 1.03 bits per heavy atom. The summed E-state index contributed by atoms with van der Waals surface area (Å²) in [5.74, 6) is -1.49. The molecule has 0 radical (unpaired) electrons. The molecule has 0 saturated carbocycles. The molecule has 7 nitrogen and oxygen atoms in total. The van der Waals surface area contributed by atoms with Crippen molar-refractivity contribution in [3.8, 4) is 5.75 Å². The molecule has 8 heteroatoms. The fourth-order valence-corrected chi connectivity index (χ4v) is 4.04. The van der Waals surface area contributed by atoms with Gasteiger partial charge in [0.15, 0.2) is 5.11 Å². The van der Waals surface area contributed by atoms with E-state index < -0.39 is 17.8 Å². The summed E-state index contributed by atoms with van der Waals surface area (Å²) in [7, 11) is 0. The van der Waals surface area contributed by atoms with E-state index in [-0.39, 0.29) is 22.9 Å². The van der Waals surface area contributed by atoms with Crippen LogP contribution in [0.3, 0.4) is 0 Å². The van der Waals surface area contributed by atoms with Crippen LogP contribution in [0.2, 0.25) is 0 Å². The average Bonchev–Trinajstić information content (AvgIpc) is 2.80. The first-order valence-electron chi connectivity index (χ1n) is 10.8. The van der Waals surface area contributed by atoms with Crippen LogP contribution in [0.25, 0.3) is 6.08 Å². The van der Waals surface area contributed by atoms with Crippen molar-refractivity contribution in [2.45, 2.75) is 20.5 Å². The van der Waals surface area contributed by atoms with E-state index in [1.165, 1.54) is 17.0 Å². The monoisotopic (exact) mass is 486 g/mol. The number of nitrogens with zero attached hydrogens (tertiary/aromatic N) is 1. The molecule has 0 aliphatic carbocycles. The molecular formula is C27H22N2O5S. The van der Waals surface area contributed by atoms with Crippen LogP contribution in [0, 0.1) is 13.8 Å². The van der Waals surface area contributed by atoms with Gasteiger partial charge in [-0.25, -0.2) is 4.79 Å². The van der Waals surface area contributed by atoms with E-state index in [0.29, 0.717) is 17.0 Å². The van der Waals surface area contributed by atoms with E-state index in [0.717, 1.165) is 16.7 Å². The zero-order valence-electron chi connectivity index (χ0n) is 19.1. The van der Waals surface area contributed by atoms with Crippen LogP contribution in [0.15, 0.2) is 72.3 Å². The molecule has 1 heterocycles. The van der Waals surface area contributed by atoms with Gasteiger partial charge in [0.1, 0.15) is 17.9 Å². The number of hydrogen-bond donors (Lipinski definition) is 2. The number of anilines is 1. The lowest BCUT2D eigenvalue weighted by atomic mass is 10.1. The van der Waals surface area contributed by atoms with Crippen molar-refractivity contribution in [3.63, 3.8) is 0 Å². The molecule has 1 saturated heterocycles. The van der Waals surface area contributed by atoms with E-state index >= 15 is 0 Å². The molecule has 3 aromatic rings. The minimum atomic E-state index is -0.998. The SMILES string of the molecule is Cc1cc(C)cc(N2C(=O)/C(=C/c3ccc(OCc4cccc(C(=O)O)c4)cc3)C(=O)NC2=S)c1. The number of aromatic carboxylic acids is 1. The Morgan fingerprint density at radius 3 is 2.37 bits per heavy atom. The topological polar surface area (TPSA) is 95.9 Å². The highest BCUT2D eigenvalue weighted by molar-refractivity contribution is 7.80. The summed E-state index contributed by atoms with van der Waals surface area (Å²) < 4.78 is 5.74. The Kier molecular flexibility index (Phi) is 6.75. The van der Waals surface area contributed by atoms with Gasteiger partial charge in [-0.3, -0.25) is 19.8 Å². The summed E-state index contributed by atoms with van der Waals surface area (Å²) in [6.45, 7) is 4.05. The Bertz CT molecular complexity index is 1360. The van der Waals surface area contributed by atoms with Gasteiger partial charge in [-0.15, -0.1) is 0 Å². The average molecular weight is 487 g/mol. The van der Waals surface area contributed by atoms with Gasteiger partial charge in [-0.2, -0.15) is 0 Å². The Labute approximate surface area is 207 Å². The van der Waals surface area contributed by atoms with Crippen LogP contribution in [0.4, 0.5) is 5.69 Å². The Balaban J connectivity index is 1.51. The highest BCUT2D eigenvalue weighted by atomic mass is 32.1. The predicted octanol–water partition coefficient (Wildman–Crippen LogP) is 4.41. The molecule has 1 fully saturated rings. The predicted molar refractivity (Wildman–Crippen MR) is 136 cm³/mol. The summed E-state index contributed by atoms with van der Waals surface area (Å²) in [5, 5.41) is 11.7. The van der Waals surface area contributed by atoms with E-state index in [2.05, 4.69) is 5.32 Å². The van der Waals surface area contributed by atoms with Crippen LogP contribution in [0.1, 0.15) is 32.6 Å². The molecule has 35 heavy (non-hydrogen) atoms. The molecule has 0 aromatic heterocycles. The third kappa shape index (κ3) is 5.44. The van der Waals surface area contributed by atoms with Crippen LogP contribution in [0.5, 0.6) is 5.75 Å². The van der Waals surface area contributed by atoms with Crippen molar-refractivity contribution in [1.29, 1.82) is 0 Å². The van der Waals surface area contributed by atoms with Crippen molar-refractivity contribution in [2.75, 3.05) is 4.90 Å². The van der Waals surface area contributed by atoms with Gasteiger partial charge in [-0.1, -0.05) is 30.3 Å². The number of aryl methyl sites for hydroxylation is 2. The van der Waals surface area contributed by atoms with Gasteiger partial charge in [0.05, 0.1) is 11.3 Å². The molecule has 4 rings (SSSR count). The lowest BCUT2D eigenvalue weighted by Crippen LogP contribution is -2.54. The molecule has 0 spiro atoms. The zero-order valence-corrected chi connectivity index (χ0v) is 19.9. The van der Waals surface area contributed by atoms with Crippen LogP contribution in [-0.4, -0.2) is 28.0 Å². The number of carboxylic acid groups (broad SMARTS) is 1. The molecule has 176 valence electrons. The van der Waals surface area contributed by atoms with E-state index in [1.807, 2.05) is 32.0 Å². The van der Waals surface area contributed by atoms with Crippen molar-refractivity contribution in [3.05, 3.63) is 100 Å². The number of rotatable bonds is 6. The maximum atomic E-state index is 13.2. The second kappa shape index (κ2) is 9.90. The van der Waals surface area contributed by atoms with Crippen molar-refractivity contribution < 1.29 is 24.2 Å². The number of carbonyl (C=O) groups is 3. The van der Waals surface area contributed by atoms with Gasteiger partial charge in [0.25, 0.3) is 11.8 Å². The standard InChI is InChI=1S/C27H22N2O5S/c1-16-10-17(2)12-21(11-16)29-25(31)23(24(30)28-27(29)35)14-18-6-8-22(9-7-18)34-15-19-4-3-5-20(13-19)26(32)33/h3-14H,15H2,1-2H3,(H,32,33)(H,28,30,35)/b23-14+. The Morgan fingerprint density at radius 2 is 1.71 bits per heavy atom. The van der Waals surface area contributed by atoms with Crippen molar-refractivity contribution >= 4 is 46.9 Å². The first kappa shape index (κ1) is 23.8. The number of benzene rings is 3. The van der Waals surface area contributed by atoms with Crippen LogP contribution < -0.4 is 15.0 Å². The lowest BCUT2D eigenvalue weighted by molar-refractivity contribution is -0.122. The summed E-state index contributed by atoms with van der Waals surface area (Å²) in [4.78, 5) is 38.2. The first-order chi connectivity index (χ1) is 16.7. The number of thiocarbonyl (C=S) groups is 1. The quantitative estimate of drug-likeness (QED) is 0.304.